The Hall–Kier alpha value is -3.19. The molecule has 0 radical (unpaired) electrons. The number of carbonyl (C=O) groups is 2. The molecule has 1 aromatic heterocycles. The lowest BCUT2D eigenvalue weighted by atomic mass is 10.0. The lowest BCUT2D eigenvalue weighted by molar-refractivity contribution is 0.0496. The van der Waals surface area contributed by atoms with Gasteiger partial charge in [0.2, 0.25) is 0 Å². The Morgan fingerprint density at radius 1 is 1.12 bits per heavy atom. The Labute approximate surface area is 197 Å². The average molecular weight is 472 g/mol. The second kappa shape index (κ2) is 9.35. The number of anilines is 1. The molecule has 0 bridgehead atoms. The highest BCUT2D eigenvalue weighted by atomic mass is 35.5. The van der Waals surface area contributed by atoms with Gasteiger partial charge in [0.15, 0.2) is 5.78 Å². The number of amides is 1. The molecule has 1 amide bonds. The number of benzene rings is 2. The molecule has 3 rings (SSSR count). The van der Waals surface area contributed by atoms with E-state index in [0.717, 1.165) is 5.56 Å². The molecule has 1 unspecified atom stereocenters. The van der Waals surface area contributed by atoms with Crippen LogP contribution in [-0.4, -0.2) is 42.6 Å². The third kappa shape index (κ3) is 5.79. The molecule has 33 heavy (non-hydrogen) atoms. The quantitative estimate of drug-likeness (QED) is 0.472. The number of carbonyl (C=O) groups excluding carboxylic acids is 2. The van der Waals surface area contributed by atoms with Crippen LogP contribution >= 0.6 is 11.6 Å². The van der Waals surface area contributed by atoms with E-state index in [1.165, 1.54) is 6.07 Å². The van der Waals surface area contributed by atoms with Crippen molar-refractivity contribution in [2.45, 2.75) is 39.3 Å². The molecule has 1 N–H and O–H groups in total. The number of nitrogens with zero attached hydrogens (tertiary/aromatic N) is 2. The zero-order valence-corrected chi connectivity index (χ0v) is 20.2. The highest BCUT2D eigenvalue weighted by molar-refractivity contribution is 6.35. The minimum Gasteiger partial charge on any atom is -0.444 e. The first-order valence-corrected chi connectivity index (χ1v) is 10.8. The molecule has 8 heteroatoms. The predicted octanol–water partition coefficient (Wildman–Crippen LogP) is 5.86. The van der Waals surface area contributed by atoms with E-state index >= 15 is 0 Å². The molecule has 0 spiro atoms. The molecule has 2 aromatic carbocycles. The third-order valence-corrected chi connectivity index (χ3v) is 5.21. The van der Waals surface area contributed by atoms with Crippen LogP contribution in [0, 0.1) is 5.82 Å². The number of pyridine rings is 1. The van der Waals surface area contributed by atoms with Gasteiger partial charge in [0.05, 0.1) is 28.0 Å². The summed E-state index contributed by atoms with van der Waals surface area (Å²) in [6, 6.07) is 10.8. The summed E-state index contributed by atoms with van der Waals surface area (Å²) in [4.78, 5) is 31.0. The predicted molar refractivity (Wildman–Crippen MR) is 130 cm³/mol. The van der Waals surface area contributed by atoms with E-state index in [9.17, 15) is 14.0 Å². The minimum absolute atomic E-state index is 0.247. The first kappa shape index (κ1) is 24.5. The van der Waals surface area contributed by atoms with Crippen LogP contribution in [0.15, 0.2) is 42.5 Å². The zero-order valence-electron chi connectivity index (χ0n) is 19.5. The molecule has 0 aliphatic rings. The summed E-state index contributed by atoms with van der Waals surface area (Å²) in [7, 11) is 3.51. The Morgan fingerprint density at radius 3 is 2.33 bits per heavy atom. The van der Waals surface area contributed by atoms with Crippen molar-refractivity contribution in [3.63, 3.8) is 0 Å². The number of aromatic nitrogens is 1. The van der Waals surface area contributed by atoms with Gasteiger partial charge in [0.25, 0.3) is 0 Å². The Morgan fingerprint density at radius 2 is 1.76 bits per heavy atom. The molecule has 3 aromatic rings. The summed E-state index contributed by atoms with van der Waals surface area (Å²) < 4.78 is 19.5. The lowest BCUT2D eigenvalue weighted by Gasteiger charge is -2.21. The van der Waals surface area contributed by atoms with E-state index in [4.69, 9.17) is 16.3 Å². The van der Waals surface area contributed by atoms with Crippen molar-refractivity contribution in [2.24, 2.45) is 0 Å². The van der Waals surface area contributed by atoms with Gasteiger partial charge >= 0.3 is 6.09 Å². The van der Waals surface area contributed by atoms with Crippen LogP contribution < -0.4 is 10.2 Å². The summed E-state index contributed by atoms with van der Waals surface area (Å²) in [5.74, 6) is -0.621. The molecule has 0 saturated heterocycles. The van der Waals surface area contributed by atoms with Crippen LogP contribution in [-0.2, 0) is 4.74 Å². The summed E-state index contributed by atoms with van der Waals surface area (Å²) in [6.45, 7) is 6.86. The summed E-state index contributed by atoms with van der Waals surface area (Å²) >= 11 is 6.41. The van der Waals surface area contributed by atoms with E-state index in [1.54, 1.807) is 83.1 Å². The molecule has 0 aliphatic heterocycles. The van der Waals surface area contributed by atoms with Crippen molar-refractivity contribution >= 4 is 40.1 Å². The van der Waals surface area contributed by atoms with Crippen LogP contribution in [0.1, 0.15) is 38.1 Å². The SMILES string of the molecule is CC(NC(=O)OC(C)(C)C)C(=O)c1ccc(-c2cc(Cl)c3cc(F)c(N(C)C)cc3n2)cc1. The van der Waals surface area contributed by atoms with E-state index in [2.05, 4.69) is 10.3 Å². The second-order valence-corrected chi connectivity index (χ2v) is 9.42. The van der Waals surface area contributed by atoms with Crippen LogP contribution in [0.3, 0.4) is 0 Å². The van der Waals surface area contributed by atoms with Gasteiger partial charge in [-0.15, -0.1) is 0 Å². The van der Waals surface area contributed by atoms with Gasteiger partial charge in [-0.3, -0.25) is 4.79 Å². The first-order valence-electron chi connectivity index (χ1n) is 10.5. The smallest absolute Gasteiger partial charge is 0.408 e. The molecular weight excluding hydrogens is 445 g/mol. The standard InChI is InChI=1S/C25H27ClFN3O3/c1-14(28-24(32)33-25(2,3)4)23(31)16-9-7-15(8-10-16)20-12-18(26)17-11-19(27)22(30(5)6)13-21(17)29-20/h7-14H,1-6H3,(H,28,32). The fourth-order valence-corrected chi connectivity index (χ4v) is 3.54. The van der Waals surface area contributed by atoms with Crippen molar-refractivity contribution in [3.05, 3.63) is 58.9 Å². The first-order chi connectivity index (χ1) is 15.4. The second-order valence-electron chi connectivity index (χ2n) is 9.01. The molecule has 0 fully saturated rings. The van der Waals surface area contributed by atoms with E-state index in [0.29, 0.717) is 32.9 Å². The molecule has 0 aliphatic carbocycles. The highest BCUT2D eigenvalue weighted by Crippen LogP contribution is 2.32. The zero-order chi connectivity index (χ0) is 24.5. The number of alkyl carbamates (subject to hydrolysis) is 1. The van der Waals surface area contributed by atoms with Crippen LogP contribution in [0.5, 0.6) is 0 Å². The summed E-state index contributed by atoms with van der Waals surface area (Å²) in [6.07, 6.45) is -0.650. The number of fused-ring (bicyclic) bond motifs is 1. The van der Waals surface area contributed by atoms with Crippen molar-refractivity contribution in [1.29, 1.82) is 0 Å². The Balaban J connectivity index is 1.84. The van der Waals surface area contributed by atoms with Gasteiger partial charge in [-0.2, -0.15) is 0 Å². The Bertz CT molecular complexity index is 1200. The highest BCUT2D eigenvalue weighted by Gasteiger charge is 2.22. The maximum atomic E-state index is 14.3. The summed E-state index contributed by atoms with van der Waals surface area (Å²) in [5.41, 5.74) is 2.11. The van der Waals surface area contributed by atoms with E-state index < -0.39 is 17.7 Å². The number of hydrogen-bond donors (Lipinski definition) is 1. The molecule has 0 saturated carbocycles. The lowest BCUT2D eigenvalue weighted by Crippen LogP contribution is -2.41. The van der Waals surface area contributed by atoms with Gasteiger partial charge in [-0.25, -0.2) is 14.2 Å². The maximum absolute atomic E-state index is 14.3. The number of halogens is 2. The molecule has 6 nitrogen and oxygen atoms in total. The van der Waals surface area contributed by atoms with E-state index in [-0.39, 0.29) is 11.6 Å². The minimum atomic E-state index is -0.752. The normalized spacial score (nSPS) is 12.4. The molecular formula is C25H27ClFN3O3. The van der Waals surface area contributed by atoms with Crippen molar-refractivity contribution in [1.82, 2.24) is 10.3 Å². The summed E-state index contributed by atoms with van der Waals surface area (Å²) in [5, 5.41) is 3.46. The van der Waals surface area contributed by atoms with Crippen molar-refractivity contribution in [2.75, 3.05) is 19.0 Å². The van der Waals surface area contributed by atoms with Gasteiger partial charge in [-0.05, 0) is 45.9 Å². The fourth-order valence-electron chi connectivity index (χ4n) is 3.29. The number of ether oxygens (including phenoxy) is 1. The number of rotatable bonds is 5. The number of ketones is 1. The Kier molecular flexibility index (Phi) is 6.93. The van der Waals surface area contributed by atoms with Crippen LogP contribution in [0.2, 0.25) is 5.02 Å². The number of nitrogens with one attached hydrogen (secondary N) is 1. The van der Waals surface area contributed by atoms with Gasteiger partial charge in [-0.1, -0.05) is 35.9 Å². The third-order valence-electron chi connectivity index (χ3n) is 4.90. The number of hydrogen-bond acceptors (Lipinski definition) is 5. The van der Waals surface area contributed by atoms with Gasteiger partial charge in [0, 0.05) is 30.6 Å². The van der Waals surface area contributed by atoms with Gasteiger partial charge in [0.1, 0.15) is 11.4 Å². The largest absolute Gasteiger partial charge is 0.444 e. The maximum Gasteiger partial charge on any atom is 0.408 e. The molecule has 1 heterocycles. The van der Waals surface area contributed by atoms with Gasteiger partial charge < -0.3 is 15.0 Å². The van der Waals surface area contributed by atoms with Crippen molar-refractivity contribution < 1.29 is 18.7 Å². The average Bonchev–Trinajstić information content (AvgIpc) is 2.71. The van der Waals surface area contributed by atoms with Crippen LogP contribution in [0.4, 0.5) is 14.9 Å². The van der Waals surface area contributed by atoms with Crippen molar-refractivity contribution in [3.8, 4) is 11.3 Å². The number of Topliss-reactive ketones (excluding diaryl/α,β-unsaturated/α-hetero) is 1. The molecule has 174 valence electrons. The van der Waals surface area contributed by atoms with Crippen LogP contribution in [0.25, 0.3) is 22.2 Å². The fraction of sp³-hybridized carbons (Fsp3) is 0.320. The topological polar surface area (TPSA) is 71.5 Å². The monoisotopic (exact) mass is 471 g/mol. The molecule has 1 atom stereocenters. The van der Waals surface area contributed by atoms with E-state index in [1.807, 2.05) is 0 Å².